The second-order valence-corrected chi connectivity index (χ2v) is 28.4. The Morgan fingerprint density at radius 2 is 0.545 bits per heavy atom. The summed E-state index contributed by atoms with van der Waals surface area (Å²) in [4.78, 5) is 29.6. The van der Waals surface area contributed by atoms with E-state index in [-0.39, 0.29) is 0 Å². The van der Waals surface area contributed by atoms with Crippen molar-refractivity contribution in [2.24, 2.45) is 0 Å². The van der Waals surface area contributed by atoms with Gasteiger partial charge in [-0.25, -0.2) is 29.9 Å². The quantitative estimate of drug-likeness (QED) is 0.130. The zero-order valence-electron chi connectivity index (χ0n) is 59.1. The van der Waals surface area contributed by atoms with E-state index in [1.807, 2.05) is 146 Å². The highest BCUT2D eigenvalue weighted by Crippen LogP contribution is 2.45. The summed E-state index contributed by atoms with van der Waals surface area (Å²) in [6.07, 6.45) is 0. The molecule has 22 rings (SSSR count). The topological polar surface area (TPSA) is 127 Å². The van der Waals surface area contributed by atoms with Crippen LogP contribution in [0.4, 0.5) is 0 Å². The fourth-order valence-corrected chi connectivity index (χ4v) is 16.6. The van der Waals surface area contributed by atoms with E-state index in [1.54, 1.807) is 12.1 Å². The van der Waals surface area contributed by atoms with Crippen molar-refractivity contribution < 1.29 is 10.0 Å². The minimum Gasteiger partial charge on any atom is -0.423 e. The van der Waals surface area contributed by atoms with Crippen LogP contribution in [0.3, 0.4) is 0 Å². The van der Waals surface area contributed by atoms with Gasteiger partial charge >= 0.3 is 7.12 Å². The average molecular weight is 1470 g/mol. The number of benzene rings is 16. The molecule has 0 unspecified atom stereocenters. The molecule has 0 aliphatic carbocycles. The number of aromatic nitrogens is 8. The van der Waals surface area contributed by atoms with Gasteiger partial charge in [0.25, 0.3) is 0 Å². The van der Waals surface area contributed by atoms with E-state index in [0.717, 1.165) is 70.9 Å². The van der Waals surface area contributed by atoms with E-state index >= 15 is 0 Å². The van der Waals surface area contributed by atoms with Gasteiger partial charge in [-0.1, -0.05) is 328 Å². The molecule has 0 bridgehead atoms. The van der Waals surface area contributed by atoms with Gasteiger partial charge in [0.2, 0.25) is 0 Å². The summed E-state index contributed by atoms with van der Waals surface area (Å²) >= 11 is 3.78. The van der Waals surface area contributed by atoms with Gasteiger partial charge in [0.1, 0.15) is 0 Å². The smallest absolute Gasteiger partial charge is 0.423 e. The lowest BCUT2D eigenvalue weighted by atomic mass is 9.80. The third-order valence-corrected chi connectivity index (χ3v) is 22.0. The molecule has 0 aliphatic heterocycles. The predicted octanol–water partition coefficient (Wildman–Crippen LogP) is 23.5. The van der Waals surface area contributed by atoms with Crippen molar-refractivity contribution in [2.75, 3.05) is 0 Å². The standard InChI is InChI=1S/C49H30N4.C25H16BrN3.C24H16BNO2/c1-3-13-34(14-4-1)47-50-48(35-15-5-2-6-16-35)52-49(51-47)42-29-26-32-12-7-8-17-37(32)45(42)33-24-22-31(23-25-33)36-27-28-39-41-20-11-19-40-38-18-9-10-21-43(38)53(46(40)41)44(39)30-36;26-22-20-14-8-7-9-17(20)15-16-21(22)25-28-23(18-10-3-1-4-11-18)27-24(29-25)19-12-5-2-6-13-19;27-25(28)17-11-8-15(9-12-17)16-10-13-19-21-6-3-5-20-18-4-1-2-7-22(18)26(24(20)21)23(19)14-16/h1-30H;1-16H;1-14,27-28H. The number of halogens is 1. The number of rotatable bonds is 10. The molecule has 0 spiro atoms. The maximum absolute atomic E-state index is 9.33. The third kappa shape index (κ3) is 11.5. The first kappa shape index (κ1) is 65.6. The Balaban J connectivity index is 0.000000118. The molecule has 6 heterocycles. The van der Waals surface area contributed by atoms with Crippen LogP contribution in [0.1, 0.15) is 0 Å². The van der Waals surface area contributed by atoms with Gasteiger partial charge in [-0.05, 0) is 107 Å². The van der Waals surface area contributed by atoms with E-state index < -0.39 is 7.12 Å². The normalized spacial score (nSPS) is 11.6. The van der Waals surface area contributed by atoms with Crippen molar-refractivity contribution in [3.8, 4) is 102 Å². The fourth-order valence-electron chi connectivity index (χ4n) is 15.9. The van der Waals surface area contributed by atoms with Gasteiger partial charge in [-0.2, -0.15) is 0 Å². The first-order chi connectivity index (χ1) is 54.3. The molecule has 16 aromatic carbocycles. The summed E-state index contributed by atoms with van der Waals surface area (Å²) in [5.41, 5.74) is 20.4. The van der Waals surface area contributed by atoms with Crippen LogP contribution in [0, 0.1) is 0 Å². The number of hydrogen-bond acceptors (Lipinski definition) is 8. The Bertz CT molecular complexity index is 7130. The lowest BCUT2D eigenvalue weighted by molar-refractivity contribution is 0.426. The van der Waals surface area contributed by atoms with Gasteiger partial charge in [0.05, 0.1) is 33.1 Å². The highest BCUT2D eigenvalue weighted by Gasteiger charge is 2.23. The molecule has 0 saturated carbocycles. The molecule has 0 aliphatic rings. The molecular weight excluding hydrogens is 1410 g/mol. The number of nitrogens with zero attached hydrogens (tertiary/aromatic N) is 8. The van der Waals surface area contributed by atoms with E-state index in [9.17, 15) is 10.0 Å². The maximum atomic E-state index is 9.33. The van der Waals surface area contributed by atoms with Crippen molar-refractivity contribution in [3.63, 3.8) is 0 Å². The lowest BCUT2D eigenvalue weighted by Crippen LogP contribution is -2.29. The summed E-state index contributed by atoms with van der Waals surface area (Å²) in [5, 5.41) is 33.5. The van der Waals surface area contributed by atoms with Gasteiger partial charge in [0.15, 0.2) is 34.9 Å². The molecule has 0 atom stereocenters. The van der Waals surface area contributed by atoms with E-state index in [4.69, 9.17) is 29.9 Å². The zero-order valence-corrected chi connectivity index (χ0v) is 60.7. The Kier molecular flexibility index (Phi) is 16.4. The molecule has 0 fully saturated rings. The van der Waals surface area contributed by atoms with E-state index in [1.165, 1.54) is 98.1 Å². The molecule has 0 amide bonds. The number of para-hydroxylation sites is 4. The Hall–Kier alpha value is -13.9. The van der Waals surface area contributed by atoms with Crippen LogP contribution in [0.5, 0.6) is 0 Å². The number of fused-ring (bicyclic) bond motifs is 14. The summed E-state index contributed by atoms with van der Waals surface area (Å²) in [6.45, 7) is 0. The summed E-state index contributed by atoms with van der Waals surface area (Å²) in [6, 6.07) is 126. The molecule has 110 heavy (non-hydrogen) atoms. The van der Waals surface area contributed by atoms with E-state index in [0.29, 0.717) is 40.4 Å². The van der Waals surface area contributed by atoms with Gasteiger partial charge in [0, 0.05) is 86.5 Å². The summed E-state index contributed by atoms with van der Waals surface area (Å²) in [5.74, 6) is 3.91. The Morgan fingerprint density at radius 1 is 0.227 bits per heavy atom. The first-order valence-corrected chi connectivity index (χ1v) is 37.4. The molecule has 516 valence electrons. The average Bonchev–Trinajstić information content (AvgIpc) is 1.55. The molecule has 0 saturated heterocycles. The van der Waals surface area contributed by atoms with Crippen LogP contribution in [-0.2, 0) is 0 Å². The molecule has 22 aromatic rings. The molecule has 0 radical (unpaired) electrons. The fraction of sp³-hybridized carbons (Fsp3) is 0. The highest BCUT2D eigenvalue weighted by atomic mass is 79.9. The zero-order chi connectivity index (χ0) is 73.3. The molecular formula is C98H62BBrN8O2. The minimum atomic E-state index is -1.44. The van der Waals surface area contributed by atoms with Crippen molar-refractivity contribution in [1.29, 1.82) is 0 Å². The maximum Gasteiger partial charge on any atom is 0.488 e. The largest absolute Gasteiger partial charge is 0.488 e. The SMILES string of the molecule is Brc1c(-c2nc(-c3ccccc3)nc(-c3ccccc3)n2)ccc2ccccc12.OB(O)c1ccc(-c2ccc3c4cccc5c6ccccc6n(c3c2)c54)cc1.c1ccc(-c2nc(-c3ccccc3)nc(-c3ccc4ccccc4c3-c3ccc(-c4ccc5c6cccc7c8ccccc8n(c5c4)c76)cc3)n2)cc1. The minimum absolute atomic E-state index is 0.496. The monoisotopic (exact) mass is 1470 g/mol. The second-order valence-electron chi connectivity index (χ2n) is 27.6. The summed E-state index contributed by atoms with van der Waals surface area (Å²) < 4.78 is 5.79. The van der Waals surface area contributed by atoms with Crippen LogP contribution in [-0.4, -0.2) is 55.9 Å². The van der Waals surface area contributed by atoms with Crippen LogP contribution in [0.15, 0.2) is 368 Å². The first-order valence-electron chi connectivity index (χ1n) is 36.6. The van der Waals surface area contributed by atoms with Crippen molar-refractivity contribution >= 4 is 126 Å². The molecule has 12 heteroatoms. The van der Waals surface area contributed by atoms with Crippen LogP contribution in [0.25, 0.3) is 199 Å². The summed E-state index contributed by atoms with van der Waals surface area (Å²) in [7, 11) is -1.44. The molecule has 10 nitrogen and oxygen atoms in total. The highest BCUT2D eigenvalue weighted by molar-refractivity contribution is 9.10. The van der Waals surface area contributed by atoms with Crippen LogP contribution in [0.2, 0.25) is 0 Å². The predicted molar refractivity (Wildman–Crippen MR) is 457 cm³/mol. The van der Waals surface area contributed by atoms with Gasteiger partial charge < -0.3 is 18.8 Å². The van der Waals surface area contributed by atoms with Crippen molar-refractivity contribution in [1.82, 2.24) is 38.7 Å². The third-order valence-electron chi connectivity index (χ3n) is 21.2. The van der Waals surface area contributed by atoms with Crippen molar-refractivity contribution in [2.45, 2.75) is 0 Å². The number of hydrogen-bond donors (Lipinski definition) is 2. The lowest BCUT2D eigenvalue weighted by Gasteiger charge is -2.15. The molecule has 2 N–H and O–H groups in total. The second kappa shape index (κ2) is 27.5. The molecule has 6 aromatic heterocycles. The van der Waals surface area contributed by atoms with Crippen molar-refractivity contribution in [3.05, 3.63) is 368 Å². The Labute approximate surface area is 640 Å². The Morgan fingerprint density at radius 3 is 0.982 bits per heavy atom. The van der Waals surface area contributed by atoms with Crippen LogP contribution >= 0.6 is 15.9 Å². The van der Waals surface area contributed by atoms with E-state index in [2.05, 4.69) is 231 Å². The van der Waals surface area contributed by atoms with Gasteiger partial charge in [-0.3, -0.25) is 0 Å². The van der Waals surface area contributed by atoms with Gasteiger partial charge in [-0.15, -0.1) is 0 Å². The van der Waals surface area contributed by atoms with Crippen LogP contribution < -0.4 is 5.46 Å².